The van der Waals surface area contributed by atoms with Crippen LogP contribution in [0.4, 0.5) is 0 Å². The molecule has 0 aliphatic rings. The number of carboxylic acid groups (broad SMARTS) is 1. The van der Waals surface area contributed by atoms with Crippen molar-refractivity contribution >= 4 is 23.9 Å². The number of hydrogen-bond acceptors (Lipinski definition) is 8. The van der Waals surface area contributed by atoms with Gasteiger partial charge < -0.3 is 24.4 Å². The molecule has 0 fully saturated rings. The molecule has 148 valence electrons. The highest BCUT2D eigenvalue weighted by Crippen LogP contribution is 1.96. The molecular weight excluding hydrogens is 336 g/mol. The maximum absolute atomic E-state index is 11.2. The second-order valence-corrected chi connectivity index (χ2v) is 3.61. The van der Waals surface area contributed by atoms with Gasteiger partial charge in [-0.1, -0.05) is 26.6 Å². The van der Waals surface area contributed by atoms with Crippen LogP contribution in [0.1, 0.15) is 63.1 Å². The van der Waals surface area contributed by atoms with Gasteiger partial charge in [0.15, 0.2) is 6.61 Å². The van der Waals surface area contributed by atoms with Gasteiger partial charge >= 0.3 is 23.9 Å². The lowest BCUT2D eigenvalue weighted by atomic mass is 10.2. The molecule has 0 unspecified atom stereocenters. The van der Waals surface area contributed by atoms with Crippen LogP contribution in [-0.4, -0.2) is 61.5 Å². The van der Waals surface area contributed by atoms with Crippen LogP contribution < -0.4 is 0 Å². The third-order valence-electron chi connectivity index (χ3n) is 1.73. The van der Waals surface area contributed by atoms with Gasteiger partial charge in [-0.3, -0.25) is 9.59 Å². The summed E-state index contributed by atoms with van der Waals surface area (Å²) < 4.78 is 69.1. The minimum Gasteiger partial charge on any atom is -0.481 e. The van der Waals surface area contributed by atoms with Gasteiger partial charge in [-0.25, -0.2) is 9.59 Å². The molecule has 0 aromatic carbocycles. The van der Waals surface area contributed by atoms with E-state index in [0.29, 0.717) is 0 Å². The highest BCUT2D eigenvalue weighted by atomic mass is 16.6. The zero-order chi connectivity index (χ0) is 27.3. The molecule has 9 heteroatoms. The van der Waals surface area contributed by atoms with Crippen LogP contribution >= 0.6 is 0 Å². The van der Waals surface area contributed by atoms with Gasteiger partial charge in [0, 0.05) is 23.7 Å². The van der Waals surface area contributed by atoms with E-state index in [1.54, 1.807) is 0 Å². The number of carbonyl (C=O) groups excluding carboxylic acids is 3. The third kappa shape index (κ3) is 30.3. The van der Waals surface area contributed by atoms with E-state index in [2.05, 4.69) is 14.2 Å². The first-order valence-corrected chi connectivity index (χ1v) is 6.70. The molecule has 0 spiro atoms. The highest BCUT2D eigenvalue weighted by molar-refractivity contribution is 5.76. The fourth-order valence-electron chi connectivity index (χ4n) is 0.624. The monoisotopic (exact) mass is 374 g/mol. The van der Waals surface area contributed by atoms with E-state index in [-0.39, 0.29) is 0 Å². The Kier molecular flexibility index (Phi) is 12.3. The molecule has 0 rings (SSSR count). The van der Waals surface area contributed by atoms with Crippen molar-refractivity contribution in [3.05, 3.63) is 0 Å². The predicted octanol–water partition coefficient (Wildman–Crippen LogP) is 1.31. The van der Waals surface area contributed by atoms with Crippen LogP contribution in [0, 0.1) is 0 Å². The molecule has 0 heterocycles. The van der Waals surface area contributed by atoms with E-state index >= 15 is 0 Å². The molecule has 9 nitrogen and oxygen atoms in total. The molecule has 0 radical (unpaired) electrons. The van der Waals surface area contributed by atoms with E-state index in [9.17, 15) is 19.2 Å². The molecule has 25 heavy (non-hydrogen) atoms. The van der Waals surface area contributed by atoms with Gasteiger partial charge in [-0.15, -0.1) is 0 Å². The Balaban J connectivity index is -0.000000457. The van der Waals surface area contributed by atoms with E-state index in [4.69, 9.17) is 21.2 Å². The smallest absolute Gasteiger partial charge is 0.344 e. The Bertz CT molecular complexity index is 637. The second-order valence-electron chi connectivity index (χ2n) is 3.61. The lowest BCUT2D eigenvalue weighted by Gasteiger charge is -2.01. The van der Waals surface area contributed by atoms with Crippen molar-refractivity contribution in [1.82, 2.24) is 0 Å². The van der Waals surface area contributed by atoms with Crippen molar-refractivity contribution < 1.29 is 54.6 Å². The maximum atomic E-state index is 11.2. The van der Waals surface area contributed by atoms with Gasteiger partial charge in [0.05, 0.1) is 14.2 Å². The third-order valence-corrected chi connectivity index (χ3v) is 1.73. The van der Waals surface area contributed by atoms with Crippen molar-refractivity contribution in [2.24, 2.45) is 0 Å². The highest BCUT2D eigenvalue weighted by Gasteiger charge is 2.05. The van der Waals surface area contributed by atoms with Crippen molar-refractivity contribution in [2.75, 3.05) is 27.4 Å². The number of aliphatic hydroxyl groups excluding tert-OH is 1. The number of esters is 3. The molecule has 2 N–H and O–H groups in total. The Morgan fingerprint density at radius 1 is 0.880 bits per heavy atom. The molecule has 0 saturated carbocycles. The minimum atomic E-state index is -2.47. The van der Waals surface area contributed by atoms with Crippen LogP contribution in [0.15, 0.2) is 0 Å². The summed E-state index contributed by atoms with van der Waals surface area (Å²) in [6, 6.07) is 0. The molecule has 0 bridgehead atoms. The number of ether oxygens (including phenoxy) is 3. The molecule has 0 aliphatic carbocycles. The van der Waals surface area contributed by atoms with Crippen LogP contribution in [-0.2, 0) is 33.4 Å². The Hall–Kier alpha value is -2.16. The Morgan fingerprint density at radius 2 is 1.36 bits per heavy atom. The van der Waals surface area contributed by atoms with Gasteiger partial charge in [0.1, 0.15) is 6.61 Å². The summed E-state index contributed by atoms with van der Waals surface area (Å²) in [5.74, 6) is -4.30. The zero-order valence-corrected chi connectivity index (χ0v) is 14.6. The van der Waals surface area contributed by atoms with Gasteiger partial charge in [0.2, 0.25) is 0 Å². The van der Waals surface area contributed by atoms with Crippen molar-refractivity contribution in [2.45, 2.75) is 52.2 Å². The van der Waals surface area contributed by atoms with Gasteiger partial charge in [-0.2, -0.15) is 0 Å². The topological polar surface area (TPSA) is 136 Å². The van der Waals surface area contributed by atoms with Crippen molar-refractivity contribution in [3.8, 4) is 0 Å². The lowest BCUT2D eigenvalue weighted by Crippen LogP contribution is -2.14. The maximum Gasteiger partial charge on any atom is 0.344 e. The zero-order valence-electron chi connectivity index (χ0n) is 22.6. The fraction of sp³-hybridized carbons (Fsp3) is 0.750. The number of aliphatic carboxylic acids is 1. The lowest BCUT2D eigenvalue weighted by molar-refractivity contribution is -0.157. The van der Waals surface area contributed by atoms with Crippen LogP contribution in [0.2, 0.25) is 0 Å². The Morgan fingerprint density at radius 3 is 1.64 bits per heavy atom. The second kappa shape index (κ2) is 21.8. The summed E-state index contributed by atoms with van der Waals surface area (Å²) in [6.45, 7) is 1.09. The quantitative estimate of drug-likeness (QED) is 0.452. The SMILES string of the molecule is COC(=O)CO.[2H]C([2H])(C)CC([2H])([2H])C(=O)O.[2H]C([2H])(C)CC([2H])([2H])C(=O)OCC(=O)OC. The van der Waals surface area contributed by atoms with E-state index < -0.39 is 75.4 Å². The molecular formula is C16H30O9. The van der Waals surface area contributed by atoms with E-state index in [1.807, 2.05) is 0 Å². The van der Waals surface area contributed by atoms with Crippen LogP contribution in [0.5, 0.6) is 0 Å². The summed E-state index contributed by atoms with van der Waals surface area (Å²) in [5, 5.41) is 16.1. The number of aliphatic hydroxyl groups is 1. The van der Waals surface area contributed by atoms with Crippen LogP contribution in [0.3, 0.4) is 0 Å². The van der Waals surface area contributed by atoms with E-state index in [1.165, 1.54) is 7.11 Å². The summed E-state index contributed by atoms with van der Waals surface area (Å²) in [6.07, 6.45) is -9.84. The molecule has 0 aliphatic heterocycles. The first-order chi connectivity index (χ1) is 14.5. The average Bonchev–Trinajstić information content (AvgIpc) is 2.62. The van der Waals surface area contributed by atoms with Gasteiger partial charge in [-0.05, 0) is 12.8 Å². The summed E-state index contributed by atoms with van der Waals surface area (Å²) >= 11 is 0. The fourth-order valence-corrected chi connectivity index (χ4v) is 0.624. The molecule has 0 saturated heterocycles. The summed E-state index contributed by atoms with van der Waals surface area (Å²) in [5.41, 5.74) is 0. The largest absolute Gasteiger partial charge is 0.481 e. The summed E-state index contributed by atoms with van der Waals surface area (Å²) in [7, 11) is 2.33. The van der Waals surface area contributed by atoms with Crippen molar-refractivity contribution in [1.29, 1.82) is 0 Å². The predicted molar refractivity (Wildman–Crippen MR) is 88.8 cm³/mol. The first kappa shape index (κ1) is 14.1. The standard InChI is InChI=1S/C8H14O4.C5H10O2.C3H6O3/c1-3-4-5-7(9)12-6-8(10)11-2;1-2-3-4-5(6)7;1-6-3(5)2-4/h3-6H2,1-2H3;2-4H2,1H3,(H,6,7);4H,2H2,1H3/i3D2,5D2;2D2,4D2;. The Labute approximate surface area is 159 Å². The minimum absolute atomic E-state index is 0.531. The average molecular weight is 374 g/mol. The van der Waals surface area contributed by atoms with Crippen molar-refractivity contribution in [3.63, 3.8) is 0 Å². The number of hydrogen-bond donors (Lipinski definition) is 2. The normalized spacial score (nSPS) is 15.7. The molecule has 0 aromatic heterocycles. The van der Waals surface area contributed by atoms with E-state index in [0.717, 1.165) is 21.0 Å². The molecule has 0 amide bonds. The first-order valence-electron chi connectivity index (χ1n) is 10.7. The van der Waals surface area contributed by atoms with Gasteiger partial charge in [0.25, 0.3) is 0 Å². The summed E-state index contributed by atoms with van der Waals surface area (Å²) in [4.78, 5) is 41.7. The number of carboxylic acids is 1. The van der Waals surface area contributed by atoms with Crippen LogP contribution in [0.25, 0.3) is 0 Å². The molecule has 0 aromatic rings. The molecule has 0 atom stereocenters. The number of rotatable bonds is 9. The number of methoxy groups -OCH3 is 2. The number of carbonyl (C=O) groups is 4.